The largest absolute Gasteiger partial charge is 0.450 e. The lowest BCUT2D eigenvalue weighted by atomic mass is 10.1. The Balaban J connectivity index is 2.45. The first-order chi connectivity index (χ1) is 9.49. The van der Waals surface area contributed by atoms with E-state index in [0.29, 0.717) is 11.3 Å². The van der Waals surface area contributed by atoms with Crippen LogP contribution in [0.2, 0.25) is 0 Å². The minimum Gasteiger partial charge on any atom is -0.450 e. The van der Waals surface area contributed by atoms with Gasteiger partial charge in [0.05, 0.1) is 11.0 Å². The maximum absolute atomic E-state index is 11.0. The van der Waals surface area contributed by atoms with Crippen LogP contribution >= 0.6 is 0 Å². The van der Waals surface area contributed by atoms with Gasteiger partial charge in [0.25, 0.3) is 0 Å². The van der Waals surface area contributed by atoms with Gasteiger partial charge in [-0.05, 0) is 31.5 Å². The molecule has 1 N–H and O–H groups in total. The second-order valence-electron chi connectivity index (χ2n) is 4.54. The van der Waals surface area contributed by atoms with Crippen molar-refractivity contribution >= 4 is 5.69 Å². The molecule has 1 atom stereocenters. The average Bonchev–Trinajstić information content (AvgIpc) is 2.38. The van der Waals surface area contributed by atoms with Crippen LogP contribution < -0.4 is 4.74 Å². The Labute approximate surface area is 116 Å². The van der Waals surface area contributed by atoms with E-state index in [0.717, 1.165) is 5.56 Å². The van der Waals surface area contributed by atoms with Crippen molar-refractivity contribution in [3.63, 3.8) is 0 Å². The molecule has 0 radical (unpaired) electrons. The van der Waals surface area contributed by atoms with Gasteiger partial charge in [-0.3, -0.25) is 10.1 Å². The fourth-order valence-corrected chi connectivity index (χ4v) is 1.89. The molecular weight excluding hydrogens is 258 g/mol. The summed E-state index contributed by atoms with van der Waals surface area (Å²) in [4.78, 5) is 10.5. The van der Waals surface area contributed by atoms with Crippen LogP contribution in [0, 0.1) is 17.0 Å². The molecule has 104 valence electrons. The van der Waals surface area contributed by atoms with Crippen LogP contribution in [0.3, 0.4) is 0 Å². The highest BCUT2D eigenvalue weighted by atomic mass is 16.6. The third kappa shape index (κ3) is 2.95. The van der Waals surface area contributed by atoms with Crippen molar-refractivity contribution < 1.29 is 14.8 Å². The number of rotatable bonds is 4. The summed E-state index contributed by atoms with van der Waals surface area (Å²) in [6.45, 7) is 3.45. The first-order valence-electron chi connectivity index (χ1n) is 6.19. The van der Waals surface area contributed by atoms with Crippen LogP contribution in [-0.4, -0.2) is 10.0 Å². The number of benzene rings is 2. The second kappa shape index (κ2) is 5.71. The summed E-state index contributed by atoms with van der Waals surface area (Å²) >= 11 is 0. The lowest BCUT2D eigenvalue weighted by Gasteiger charge is -2.13. The van der Waals surface area contributed by atoms with Crippen molar-refractivity contribution in [1.82, 2.24) is 0 Å². The highest BCUT2D eigenvalue weighted by Crippen LogP contribution is 2.35. The number of para-hydroxylation sites is 1. The molecule has 1 unspecified atom stereocenters. The van der Waals surface area contributed by atoms with E-state index in [1.807, 2.05) is 6.92 Å². The summed E-state index contributed by atoms with van der Waals surface area (Å²) in [6, 6.07) is 11.6. The molecule has 2 aromatic carbocycles. The van der Waals surface area contributed by atoms with E-state index in [9.17, 15) is 15.2 Å². The van der Waals surface area contributed by atoms with Gasteiger partial charge in [-0.15, -0.1) is 0 Å². The van der Waals surface area contributed by atoms with E-state index >= 15 is 0 Å². The Hall–Kier alpha value is -2.40. The third-order valence-corrected chi connectivity index (χ3v) is 2.90. The van der Waals surface area contributed by atoms with Gasteiger partial charge in [0.1, 0.15) is 5.75 Å². The van der Waals surface area contributed by atoms with Crippen molar-refractivity contribution in [2.45, 2.75) is 20.0 Å². The van der Waals surface area contributed by atoms with Crippen molar-refractivity contribution in [2.24, 2.45) is 0 Å². The van der Waals surface area contributed by atoms with Gasteiger partial charge in [-0.25, -0.2) is 0 Å². The molecule has 5 heteroatoms. The van der Waals surface area contributed by atoms with E-state index < -0.39 is 11.0 Å². The molecule has 0 fully saturated rings. The zero-order valence-electron chi connectivity index (χ0n) is 11.2. The molecule has 0 aromatic heterocycles. The van der Waals surface area contributed by atoms with Crippen LogP contribution in [0.5, 0.6) is 11.5 Å². The lowest BCUT2D eigenvalue weighted by Crippen LogP contribution is -1.98. The zero-order chi connectivity index (χ0) is 14.7. The molecule has 0 amide bonds. The fourth-order valence-electron chi connectivity index (χ4n) is 1.89. The number of hydrogen-bond donors (Lipinski definition) is 1. The van der Waals surface area contributed by atoms with Crippen molar-refractivity contribution in [3.8, 4) is 11.5 Å². The minimum absolute atomic E-state index is 0.101. The van der Waals surface area contributed by atoms with Gasteiger partial charge in [-0.1, -0.05) is 24.3 Å². The summed E-state index contributed by atoms with van der Waals surface area (Å²) in [7, 11) is 0. The molecule has 0 saturated heterocycles. The molecule has 2 aromatic rings. The SMILES string of the molecule is Cc1ccc([N+](=O)[O-])c(Oc2ccccc2C(C)O)c1. The average molecular weight is 273 g/mol. The molecule has 0 spiro atoms. The number of ether oxygens (including phenoxy) is 1. The number of aliphatic hydroxyl groups excluding tert-OH is 1. The van der Waals surface area contributed by atoms with Gasteiger partial charge < -0.3 is 9.84 Å². The standard InChI is InChI=1S/C15H15NO4/c1-10-7-8-13(16(18)19)15(9-10)20-14-6-4-3-5-12(14)11(2)17/h3-9,11,17H,1-2H3. The van der Waals surface area contributed by atoms with Crippen LogP contribution in [0.4, 0.5) is 5.69 Å². The zero-order valence-corrected chi connectivity index (χ0v) is 11.2. The quantitative estimate of drug-likeness (QED) is 0.680. The Morgan fingerprint density at radius 1 is 1.20 bits per heavy atom. The highest BCUT2D eigenvalue weighted by Gasteiger charge is 2.17. The topological polar surface area (TPSA) is 72.6 Å². The number of aryl methyl sites for hydroxylation is 1. The number of nitro groups is 1. The summed E-state index contributed by atoms with van der Waals surface area (Å²) in [5.41, 5.74) is 1.35. The van der Waals surface area contributed by atoms with E-state index in [1.54, 1.807) is 43.3 Å². The molecule has 0 heterocycles. The Bertz CT molecular complexity index is 638. The summed E-state index contributed by atoms with van der Waals surface area (Å²) in [6.07, 6.45) is -0.713. The minimum atomic E-state index is -0.713. The van der Waals surface area contributed by atoms with Gasteiger partial charge in [-0.2, -0.15) is 0 Å². The smallest absolute Gasteiger partial charge is 0.311 e. The highest BCUT2D eigenvalue weighted by molar-refractivity contribution is 5.51. The number of aliphatic hydroxyl groups is 1. The molecule has 2 rings (SSSR count). The van der Waals surface area contributed by atoms with Gasteiger partial charge in [0.2, 0.25) is 5.75 Å². The summed E-state index contributed by atoms with van der Waals surface area (Å²) in [5, 5.41) is 20.7. The maximum atomic E-state index is 11.0. The molecule has 0 aliphatic heterocycles. The van der Waals surface area contributed by atoms with Crippen molar-refractivity contribution in [2.75, 3.05) is 0 Å². The Morgan fingerprint density at radius 3 is 2.55 bits per heavy atom. The molecule has 0 aliphatic carbocycles. The van der Waals surface area contributed by atoms with Gasteiger partial charge >= 0.3 is 5.69 Å². The molecule has 0 saturated carbocycles. The summed E-state index contributed by atoms with van der Waals surface area (Å²) in [5.74, 6) is 0.583. The van der Waals surface area contributed by atoms with Crippen LogP contribution in [0.15, 0.2) is 42.5 Å². The van der Waals surface area contributed by atoms with Gasteiger partial charge in [0.15, 0.2) is 0 Å². The van der Waals surface area contributed by atoms with E-state index in [2.05, 4.69) is 0 Å². The van der Waals surface area contributed by atoms with E-state index in [-0.39, 0.29) is 11.4 Å². The molecular formula is C15H15NO4. The van der Waals surface area contributed by atoms with Crippen molar-refractivity contribution in [1.29, 1.82) is 0 Å². The monoisotopic (exact) mass is 273 g/mol. The lowest BCUT2D eigenvalue weighted by molar-refractivity contribution is -0.385. The summed E-state index contributed by atoms with van der Waals surface area (Å²) < 4.78 is 5.64. The van der Waals surface area contributed by atoms with Crippen LogP contribution in [0.1, 0.15) is 24.2 Å². The Kier molecular flexibility index (Phi) is 4.00. The third-order valence-electron chi connectivity index (χ3n) is 2.90. The Morgan fingerprint density at radius 2 is 1.90 bits per heavy atom. The van der Waals surface area contributed by atoms with E-state index in [1.165, 1.54) is 6.07 Å². The molecule has 0 aliphatic rings. The first-order valence-corrected chi connectivity index (χ1v) is 6.19. The molecule has 5 nitrogen and oxygen atoms in total. The van der Waals surface area contributed by atoms with Gasteiger partial charge in [0, 0.05) is 11.6 Å². The predicted octanol–water partition coefficient (Wildman–Crippen LogP) is 3.75. The van der Waals surface area contributed by atoms with Crippen molar-refractivity contribution in [3.05, 3.63) is 63.7 Å². The molecule has 0 bridgehead atoms. The van der Waals surface area contributed by atoms with Crippen LogP contribution in [0.25, 0.3) is 0 Å². The first kappa shape index (κ1) is 14.0. The fraction of sp³-hybridized carbons (Fsp3) is 0.200. The number of hydrogen-bond acceptors (Lipinski definition) is 4. The number of nitro benzene ring substituents is 1. The number of nitrogens with zero attached hydrogens (tertiary/aromatic N) is 1. The molecule has 20 heavy (non-hydrogen) atoms. The van der Waals surface area contributed by atoms with E-state index in [4.69, 9.17) is 4.74 Å². The van der Waals surface area contributed by atoms with Crippen LogP contribution in [-0.2, 0) is 0 Å². The normalized spacial score (nSPS) is 11.9. The predicted molar refractivity (Wildman–Crippen MR) is 75.0 cm³/mol. The maximum Gasteiger partial charge on any atom is 0.311 e. The second-order valence-corrected chi connectivity index (χ2v) is 4.54.